The van der Waals surface area contributed by atoms with Crippen LogP contribution in [0.4, 0.5) is 0 Å². The third kappa shape index (κ3) is 3.01. The summed E-state index contributed by atoms with van der Waals surface area (Å²) < 4.78 is 0. The lowest BCUT2D eigenvalue weighted by Crippen LogP contribution is -2.03. The van der Waals surface area contributed by atoms with Crippen LogP contribution in [0, 0.1) is 0 Å². The smallest absolute Gasteiger partial charge is 0.100 e. The molecule has 3 rings (SSSR count). The Kier molecular flexibility index (Phi) is 4.07. The minimum atomic E-state index is 0.899. The molecular weight excluding hydrogens is 260 g/mol. The second kappa shape index (κ2) is 6.33. The van der Waals surface area contributed by atoms with Gasteiger partial charge in [-0.1, -0.05) is 18.2 Å². The average molecular weight is 278 g/mol. The van der Waals surface area contributed by atoms with E-state index in [1.165, 1.54) is 5.56 Å². The van der Waals surface area contributed by atoms with E-state index in [-0.39, 0.29) is 0 Å². The van der Waals surface area contributed by atoms with Crippen molar-refractivity contribution < 1.29 is 0 Å². The van der Waals surface area contributed by atoms with Gasteiger partial charge in [-0.05, 0) is 43.3 Å². The third-order valence-corrected chi connectivity index (χ3v) is 3.42. The predicted molar refractivity (Wildman–Crippen MR) is 86.1 cm³/mol. The summed E-state index contributed by atoms with van der Waals surface area (Å²) in [7, 11) is 1.95. The van der Waals surface area contributed by atoms with E-state index >= 15 is 0 Å². The van der Waals surface area contributed by atoms with Gasteiger partial charge in [0.1, 0.15) is 5.69 Å². The van der Waals surface area contributed by atoms with Crippen molar-refractivity contribution in [1.29, 1.82) is 0 Å². The lowest BCUT2D eigenvalue weighted by Gasteiger charge is -2.00. The Balaban J connectivity index is 1.93. The Labute approximate surface area is 123 Å². The highest BCUT2D eigenvalue weighted by molar-refractivity contribution is 5.93. The highest BCUT2D eigenvalue weighted by Crippen LogP contribution is 2.26. The second-order valence-corrected chi connectivity index (χ2v) is 4.92. The van der Waals surface area contributed by atoms with E-state index in [0.29, 0.717) is 0 Å². The second-order valence-electron chi connectivity index (χ2n) is 4.92. The summed E-state index contributed by atoms with van der Waals surface area (Å²) in [5.41, 5.74) is 4.41. The molecule has 4 heteroatoms. The van der Waals surface area contributed by atoms with Crippen molar-refractivity contribution >= 4 is 10.9 Å². The van der Waals surface area contributed by atoms with Gasteiger partial charge in [0.05, 0.1) is 5.52 Å². The maximum atomic E-state index is 4.44. The van der Waals surface area contributed by atoms with E-state index in [9.17, 15) is 0 Å². The summed E-state index contributed by atoms with van der Waals surface area (Å²) in [5.74, 6) is 0. The van der Waals surface area contributed by atoms with Gasteiger partial charge in [-0.15, -0.1) is 0 Å². The Morgan fingerprint density at radius 3 is 2.81 bits per heavy atom. The fourth-order valence-electron chi connectivity index (χ4n) is 2.34. The molecule has 0 aliphatic carbocycles. The zero-order chi connectivity index (χ0) is 14.5. The van der Waals surface area contributed by atoms with Crippen LogP contribution in [0.3, 0.4) is 0 Å². The molecule has 106 valence electrons. The summed E-state index contributed by atoms with van der Waals surface area (Å²) in [6, 6.07) is 10.4. The summed E-state index contributed by atoms with van der Waals surface area (Å²) in [6.07, 6.45) is 8.84. The van der Waals surface area contributed by atoms with Gasteiger partial charge < -0.3 is 5.32 Å². The zero-order valence-corrected chi connectivity index (χ0v) is 12.0. The molecular formula is C17H18N4. The van der Waals surface area contributed by atoms with Crippen LogP contribution in [0.5, 0.6) is 0 Å². The number of fused-ring (bicyclic) bond motifs is 1. The average Bonchev–Trinajstić information content (AvgIpc) is 2.95. The molecule has 1 aromatic carbocycles. The lowest BCUT2D eigenvalue weighted by atomic mass is 10.0. The molecule has 2 N–H and O–H groups in total. The van der Waals surface area contributed by atoms with Crippen LogP contribution in [0.15, 0.2) is 54.9 Å². The van der Waals surface area contributed by atoms with Crippen molar-refractivity contribution in [3.8, 4) is 11.3 Å². The first-order chi connectivity index (χ1) is 10.4. The minimum absolute atomic E-state index is 0.899. The van der Waals surface area contributed by atoms with Crippen LogP contribution in [-0.4, -0.2) is 28.8 Å². The molecule has 0 unspecified atom stereocenters. The number of pyridine rings is 1. The quantitative estimate of drug-likeness (QED) is 0.706. The van der Waals surface area contributed by atoms with Crippen LogP contribution in [0.1, 0.15) is 5.56 Å². The Hall–Kier alpha value is -2.46. The Bertz CT molecular complexity index is 744. The van der Waals surface area contributed by atoms with Crippen molar-refractivity contribution in [3.05, 3.63) is 60.4 Å². The van der Waals surface area contributed by atoms with E-state index in [2.05, 4.69) is 50.8 Å². The zero-order valence-electron chi connectivity index (χ0n) is 12.0. The summed E-state index contributed by atoms with van der Waals surface area (Å²) >= 11 is 0. The molecule has 0 atom stereocenters. The van der Waals surface area contributed by atoms with E-state index in [0.717, 1.165) is 35.1 Å². The first-order valence-corrected chi connectivity index (χ1v) is 7.05. The van der Waals surface area contributed by atoms with Gasteiger partial charge in [-0.3, -0.25) is 10.1 Å². The monoisotopic (exact) mass is 278 g/mol. The minimum Gasteiger partial charge on any atom is -0.316 e. The molecule has 21 heavy (non-hydrogen) atoms. The molecule has 2 aromatic heterocycles. The SMILES string of the molecule is CNCC=CCc1ccc2[nH]nc(-c3ccncc3)c2c1. The summed E-state index contributed by atoms with van der Waals surface area (Å²) in [4.78, 5) is 4.06. The fraction of sp³-hybridized carbons (Fsp3) is 0.176. The highest BCUT2D eigenvalue weighted by atomic mass is 15.1. The first kappa shape index (κ1) is 13.5. The number of H-pyrrole nitrogens is 1. The molecule has 0 saturated carbocycles. The van der Waals surface area contributed by atoms with Crippen molar-refractivity contribution in [1.82, 2.24) is 20.5 Å². The van der Waals surface area contributed by atoms with Gasteiger partial charge in [-0.2, -0.15) is 5.10 Å². The van der Waals surface area contributed by atoms with Crippen LogP contribution in [0.2, 0.25) is 0 Å². The van der Waals surface area contributed by atoms with Crippen LogP contribution >= 0.6 is 0 Å². The van der Waals surface area contributed by atoms with E-state index in [4.69, 9.17) is 0 Å². The molecule has 2 heterocycles. The largest absolute Gasteiger partial charge is 0.316 e. The lowest BCUT2D eigenvalue weighted by molar-refractivity contribution is 0.916. The third-order valence-electron chi connectivity index (χ3n) is 3.42. The molecule has 0 spiro atoms. The number of benzene rings is 1. The fourth-order valence-corrected chi connectivity index (χ4v) is 2.34. The first-order valence-electron chi connectivity index (χ1n) is 7.05. The molecule has 0 fully saturated rings. The van der Waals surface area contributed by atoms with E-state index in [1.54, 1.807) is 12.4 Å². The van der Waals surface area contributed by atoms with Crippen LogP contribution in [0.25, 0.3) is 22.2 Å². The number of hydrogen-bond acceptors (Lipinski definition) is 3. The molecule has 0 aliphatic heterocycles. The van der Waals surface area contributed by atoms with Crippen molar-refractivity contribution in [3.63, 3.8) is 0 Å². The number of rotatable bonds is 5. The highest BCUT2D eigenvalue weighted by Gasteiger charge is 2.08. The van der Waals surface area contributed by atoms with Crippen molar-refractivity contribution in [2.45, 2.75) is 6.42 Å². The van der Waals surface area contributed by atoms with E-state index in [1.807, 2.05) is 19.2 Å². The number of aromatic nitrogens is 3. The van der Waals surface area contributed by atoms with Crippen molar-refractivity contribution in [2.24, 2.45) is 0 Å². The number of likely N-dealkylation sites (N-methyl/N-ethyl adjacent to an activating group) is 1. The van der Waals surface area contributed by atoms with Gasteiger partial charge >= 0.3 is 0 Å². The molecule has 4 nitrogen and oxygen atoms in total. The normalized spacial score (nSPS) is 11.5. The topological polar surface area (TPSA) is 53.6 Å². The molecule has 0 bridgehead atoms. The standard InChI is InChI=1S/C17H18N4/c1-18-9-3-2-4-13-5-6-16-15(12-13)17(21-20-16)14-7-10-19-11-8-14/h2-3,5-8,10-12,18H,4,9H2,1H3,(H,20,21). The van der Waals surface area contributed by atoms with Crippen LogP contribution < -0.4 is 5.32 Å². The maximum absolute atomic E-state index is 4.44. The maximum Gasteiger partial charge on any atom is 0.100 e. The predicted octanol–water partition coefficient (Wildman–Crippen LogP) is 2.94. The van der Waals surface area contributed by atoms with E-state index < -0.39 is 0 Å². The number of aromatic amines is 1. The molecule has 3 aromatic rings. The number of allylic oxidation sites excluding steroid dienone is 1. The van der Waals surface area contributed by atoms with Crippen LogP contribution in [-0.2, 0) is 6.42 Å². The molecule has 0 saturated heterocycles. The van der Waals surface area contributed by atoms with Gasteiger partial charge in [0.25, 0.3) is 0 Å². The summed E-state index contributed by atoms with van der Waals surface area (Å²) in [6.45, 7) is 0.899. The number of nitrogens with zero attached hydrogens (tertiary/aromatic N) is 2. The van der Waals surface area contributed by atoms with Gasteiger partial charge in [-0.25, -0.2) is 0 Å². The number of nitrogens with one attached hydrogen (secondary N) is 2. The Morgan fingerprint density at radius 1 is 1.14 bits per heavy atom. The van der Waals surface area contributed by atoms with Crippen molar-refractivity contribution in [2.75, 3.05) is 13.6 Å². The molecule has 0 radical (unpaired) electrons. The molecule has 0 aliphatic rings. The number of hydrogen-bond donors (Lipinski definition) is 2. The summed E-state index contributed by atoms with van der Waals surface area (Å²) in [5, 5.41) is 11.8. The van der Waals surface area contributed by atoms with Gasteiger partial charge in [0, 0.05) is 29.9 Å². The van der Waals surface area contributed by atoms with Gasteiger partial charge in [0.2, 0.25) is 0 Å². The molecule has 0 amide bonds. The Morgan fingerprint density at radius 2 is 2.00 bits per heavy atom. The van der Waals surface area contributed by atoms with Gasteiger partial charge in [0.15, 0.2) is 0 Å².